The zero-order chi connectivity index (χ0) is 14.0. The average molecular weight is 255 g/mol. The van der Waals surface area contributed by atoms with Gasteiger partial charge in [0.05, 0.1) is 0 Å². The molecule has 18 heavy (non-hydrogen) atoms. The van der Waals surface area contributed by atoms with Crippen molar-refractivity contribution >= 4 is 18.0 Å². The van der Waals surface area contributed by atoms with E-state index in [-0.39, 0.29) is 5.76 Å². The molecule has 7 nitrogen and oxygen atoms in total. The van der Waals surface area contributed by atoms with Crippen molar-refractivity contribution in [3.8, 4) is 0 Å². The number of carbonyl (C=O) groups excluding carboxylic acids is 2. The molecule has 0 fully saturated rings. The highest BCUT2D eigenvalue weighted by Crippen LogP contribution is 1.99. The number of hydrogen-bond donors (Lipinski definition) is 2. The van der Waals surface area contributed by atoms with Crippen LogP contribution >= 0.6 is 0 Å². The van der Waals surface area contributed by atoms with Gasteiger partial charge < -0.3 is 14.7 Å². The van der Waals surface area contributed by atoms with Crippen LogP contribution in [0.15, 0.2) is 36.1 Å². The van der Waals surface area contributed by atoms with Crippen LogP contribution in [0.1, 0.15) is 13.8 Å². The molecular weight excluding hydrogens is 242 g/mol. The number of carbonyl (C=O) groups is 3. The zero-order valence-electron chi connectivity index (χ0n) is 9.88. The first kappa shape index (κ1) is 15.4. The molecule has 0 saturated heterocycles. The van der Waals surface area contributed by atoms with Crippen LogP contribution in [0.4, 0.5) is 4.79 Å². The molecule has 7 heteroatoms. The second-order valence-corrected chi connectivity index (χ2v) is 2.78. The number of hydrogen-bond acceptors (Lipinski definition) is 5. The summed E-state index contributed by atoms with van der Waals surface area (Å²) in [7, 11) is 0. The Morgan fingerprint density at radius 3 is 2.28 bits per heavy atom. The van der Waals surface area contributed by atoms with Gasteiger partial charge in [-0.05, 0) is 26.0 Å². The number of carboxylic acid groups (broad SMARTS) is 1. The molecule has 0 bridgehead atoms. The summed E-state index contributed by atoms with van der Waals surface area (Å²) in [5.74, 6) is -2.08. The lowest BCUT2D eigenvalue weighted by Crippen LogP contribution is -2.26. The minimum Gasteiger partial charge on any atom is -0.478 e. The Bertz CT molecular complexity index is 408. The molecule has 0 aromatic heterocycles. The maximum atomic E-state index is 11.1. The van der Waals surface area contributed by atoms with E-state index in [2.05, 4.69) is 4.84 Å². The highest BCUT2D eigenvalue weighted by Gasteiger charge is 2.06. The van der Waals surface area contributed by atoms with Crippen molar-refractivity contribution in [1.29, 1.82) is 0 Å². The molecule has 98 valence electrons. The molecule has 0 spiro atoms. The first-order valence-corrected chi connectivity index (χ1v) is 4.88. The van der Waals surface area contributed by atoms with E-state index in [1.807, 2.05) is 0 Å². The summed E-state index contributed by atoms with van der Waals surface area (Å²) in [6.45, 7) is 3.39. The number of aliphatic carboxylic acids is 1. The Hall–Kier alpha value is -2.57. The molecule has 0 heterocycles. The van der Waals surface area contributed by atoms with Crippen LogP contribution in [0.5, 0.6) is 0 Å². The van der Waals surface area contributed by atoms with Crippen LogP contribution < -0.4 is 5.48 Å². The Labute approximate surface area is 103 Å². The van der Waals surface area contributed by atoms with Gasteiger partial charge in [-0.15, -0.1) is 5.48 Å². The van der Waals surface area contributed by atoms with Crippen molar-refractivity contribution < 1.29 is 29.1 Å². The minimum atomic E-state index is -1.31. The van der Waals surface area contributed by atoms with Crippen LogP contribution in [-0.4, -0.2) is 23.1 Å². The van der Waals surface area contributed by atoms with E-state index < -0.39 is 18.0 Å². The Balaban J connectivity index is 4.12. The van der Waals surface area contributed by atoms with Crippen molar-refractivity contribution in [1.82, 2.24) is 5.48 Å². The smallest absolute Gasteiger partial charge is 0.446 e. The highest BCUT2D eigenvalue weighted by molar-refractivity contribution is 5.91. The number of carboxylic acids is 1. The number of allylic oxidation sites excluding steroid dienone is 3. The Morgan fingerprint density at radius 1 is 1.11 bits per heavy atom. The third-order valence-corrected chi connectivity index (χ3v) is 1.42. The molecule has 0 atom stereocenters. The number of amides is 1. The van der Waals surface area contributed by atoms with E-state index in [1.165, 1.54) is 12.2 Å². The summed E-state index contributed by atoms with van der Waals surface area (Å²) >= 11 is 0. The molecule has 0 unspecified atom stereocenters. The SMILES string of the molecule is CC=CC(=CC)OC(=O)NOC(=O)/C=C\C(=O)O. The van der Waals surface area contributed by atoms with Crippen molar-refractivity contribution in [3.05, 3.63) is 36.1 Å². The molecule has 0 rings (SSSR count). The summed E-state index contributed by atoms with van der Waals surface area (Å²) in [4.78, 5) is 36.3. The van der Waals surface area contributed by atoms with Crippen LogP contribution in [0.25, 0.3) is 0 Å². The van der Waals surface area contributed by atoms with Gasteiger partial charge in [0, 0.05) is 12.2 Å². The third kappa shape index (κ3) is 7.69. The summed E-state index contributed by atoms with van der Waals surface area (Å²) in [6.07, 6.45) is 4.94. The van der Waals surface area contributed by atoms with E-state index in [9.17, 15) is 14.4 Å². The minimum absolute atomic E-state index is 0.270. The lowest BCUT2D eigenvalue weighted by atomic mass is 10.4. The van der Waals surface area contributed by atoms with E-state index in [0.717, 1.165) is 0 Å². The summed E-state index contributed by atoms with van der Waals surface area (Å²) < 4.78 is 4.72. The lowest BCUT2D eigenvalue weighted by molar-refractivity contribution is -0.144. The van der Waals surface area contributed by atoms with Crippen molar-refractivity contribution in [2.75, 3.05) is 0 Å². The van der Waals surface area contributed by atoms with Crippen LogP contribution in [0.3, 0.4) is 0 Å². The largest absolute Gasteiger partial charge is 0.478 e. The fourth-order valence-electron chi connectivity index (χ4n) is 0.747. The molecule has 0 aromatic rings. The van der Waals surface area contributed by atoms with Gasteiger partial charge in [0.1, 0.15) is 5.76 Å². The van der Waals surface area contributed by atoms with Gasteiger partial charge in [-0.3, -0.25) is 0 Å². The summed E-state index contributed by atoms with van der Waals surface area (Å²) in [6, 6.07) is 0. The topological polar surface area (TPSA) is 102 Å². The highest BCUT2D eigenvalue weighted by atomic mass is 16.7. The van der Waals surface area contributed by atoms with Gasteiger partial charge >= 0.3 is 18.0 Å². The Kier molecular flexibility index (Phi) is 7.34. The summed E-state index contributed by atoms with van der Waals surface area (Å²) in [5.41, 5.74) is 1.70. The quantitative estimate of drug-likeness (QED) is 0.339. The zero-order valence-corrected chi connectivity index (χ0v) is 9.88. The van der Waals surface area contributed by atoms with Crippen LogP contribution in [-0.2, 0) is 19.2 Å². The lowest BCUT2D eigenvalue weighted by Gasteiger charge is -2.05. The number of ether oxygens (including phenoxy) is 1. The maximum absolute atomic E-state index is 11.1. The maximum Gasteiger partial charge on any atom is 0.446 e. The van der Waals surface area contributed by atoms with Gasteiger partial charge in [0.25, 0.3) is 0 Å². The standard InChI is InChI=1S/C11H13NO6/c1-3-5-8(4-2)17-11(16)12-18-10(15)7-6-9(13)14/h3-7H,1-2H3,(H,12,16)(H,13,14)/b5-3?,7-6-,8-4?. The molecule has 0 aliphatic rings. The van der Waals surface area contributed by atoms with Crippen molar-refractivity contribution in [2.24, 2.45) is 0 Å². The molecular formula is C11H13NO6. The number of nitrogens with one attached hydrogen (secondary N) is 1. The fraction of sp³-hybridized carbons (Fsp3) is 0.182. The molecule has 2 N–H and O–H groups in total. The van der Waals surface area contributed by atoms with Gasteiger partial charge in [0.15, 0.2) is 0 Å². The van der Waals surface area contributed by atoms with Crippen LogP contribution in [0, 0.1) is 0 Å². The Morgan fingerprint density at radius 2 is 1.78 bits per heavy atom. The van der Waals surface area contributed by atoms with Gasteiger partial charge in [0.2, 0.25) is 0 Å². The van der Waals surface area contributed by atoms with E-state index in [1.54, 1.807) is 25.4 Å². The first-order chi connectivity index (χ1) is 8.49. The normalized spacial score (nSPS) is 11.6. The van der Waals surface area contributed by atoms with Gasteiger partial charge in [-0.2, -0.15) is 0 Å². The van der Waals surface area contributed by atoms with E-state index >= 15 is 0 Å². The second kappa shape index (κ2) is 8.57. The molecule has 0 radical (unpaired) electrons. The van der Waals surface area contributed by atoms with Crippen molar-refractivity contribution in [2.45, 2.75) is 13.8 Å². The van der Waals surface area contributed by atoms with E-state index in [4.69, 9.17) is 9.84 Å². The molecule has 0 aliphatic carbocycles. The molecule has 1 amide bonds. The third-order valence-electron chi connectivity index (χ3n) is 1.42. The van der Waals surface area contributed by atoms with E-state index in [0.29, 0.717) is 12.2 Å². The first-order valence-electron chi connectivity index (χ1n) is 4.88. The molecule has 0 aliphatic heterocycles. The second-order valence-electron chi connectivity index (χ2n) is 2.78. The summed E-state index contributed by atoms with van der Waals surface area (Å²) in [5, 5.41) is 8.23. The van der Waals surface area contributed by atoms with Gasteiger partial charge in [-0.25, -0.2) is 14.4 Å². The number of rotatable bonds is 4. The predicted molar refractivity (Wildman–Crippen MR) is 61.1 cm³/mol. The van der Waals surface area contributed by atoms with Crippen LogP contribution in [0.2, 0.25) is 0 Å². The molecule has 0 aromatic carbocycles. The fourth-order valence-corrected chi connectivity index (χ4v) is 0.747. The molecule has 0 saturated carbocycles. The van der Waals surface area contributed by atoms with Crippen molar-refractivity contribution in [3.63, 3.8) is 0 Å². The average Bonchev–Trinajstić information content (AvgIpc) is 2.33. The predicted octanol–water partition coefficient (Wildman–Crippen LogP) is 1.29. The monoisotopic (exact) mass is 255 g/mol. The number of hydroxylamine groups is 1. The van der Waals surface area contributed by atoms with Gasteiger partial charge in [-0.1, -0.05) is 6.08 Å².